The summed E-state index contributed by atoms with van der Waals surface area (Å²) in [6.45, 7) is 5.37. The molecular formula is C15H28N2O. The van der Waals surface area contributed by atoms with Gasteiger partial charge in [-0.3, -0.25) is 4.79 Å². The summed E-state index contributed by atoms with van der Waals surface area (Å²) in [5.41, 5.74) is 6.53. The monoisotopic (exact) mass is 252 g/mol. The summed E-state index contributed by atoms with van der Waals surface area (Å²) in [6.07, 6.45) is 8.08. The Bertz CT molecular complexity index is 297. The minimum absolute atomic E-state index is 0.0514. The maximum atomic E-state index is 12.3. The second kappa shape index (κ2) is 5.60. The highest BCUT2D eigenvalue weighted by Gasteiger charge is 2.45. The first-order chi connectivity index (χ1) is 8.55. The first-order valence-corrected chi connectivity index (χ1v) is 7.58. The van der Waals surface area contributed by atoms with E-state index >= 15 is 0 Å². The number of rotatable bonds is 4. The number of nitrogens with two attached hydrogens (primary N) is 1. The third-order valence-electron chi connectivity index (χ3n) is 5.14. The van der Waals surface area contributed by atoms with Gasteiger partial charge in [-0.1, -0.05) is 33.1 Å². The van der Waals surface area contributed by atoms with Gasteiger partial charge in [-0.15, -0.1) is 0 Å². The van der Waals surface area contributed by atoms with Crippen LogP contribution in [0.2, 0.25) is 0 Å². The van der Waals surface area contributed by atoms with E-state index in [1.54, 1.807) is 0 Å². The van der Waals surface area contributed by atoms with Gasteiger partial charge in [-0.2, -0.15) is 0 Å². The zero-order chi connectivity index (χ0) is 13.2. The third kappa shape index (κ3) is 3.05. The number of carbonyl (C=O) groups excluding carboxylic acids is 1. The van der Waals surface area contributed by atoms with Gasteiger partial charge in [-0.25, -0.2) is 0 Å². The topological polar surface area (TPSA) is 55.1 Å². The summed E-state index contributed by atoms with van der Waals surface area (Å²) in [7, 11) is 0. The normalized spacial score (nSPS) is 30.9. The Morgan fingerprint density at radius 3 is 2.56 bits per heavy atom. The van der Waals surface area contributed by atoms with Crippen molar-refractivity contribution in [2.75, 3.05) is 6.54 Å². The number of amides is 1. The summed E-state index contributed by atoms with van der Waals surface area (Å²) < 4.78 is 0. The number of hydrogen-bond donors (Lipinski definition) is 2. The minimum atomic E-state index is 0.0514. The van der Waals surface area contributed by atoms with Crippen molar-refractivity contribution in [1.29, 1.82) is 0 Å². The van der Waals surface area contributed by atoms with Crippen molar-refractivity contribution in [2.24, 2.45) is 23.0 Å². The minimum Gasteiger partial charge on any atom is -0.355 e. The SMILES string of the molecule is CC(C)C1(CNC(=O)C2CCCCCC2N)CC1. The van der Waals surface area contributed by atoms with Gasteiger partial charge in [0.05, 0.1) is 5.92 Å². The van der Waals surface area contributed by atoms with Crippen molar-refractivity contribution >= 4 is 5.91 Å². The Labute approximate surface area is 111 Å². The maximum Gasteiger partial charge on any atom is 0.224 e. The van der Waals surface area contributed by atoms with Crippen LogP contribution in [0.25, 0.3) is 0 Å². The lowest BCUT2D eigenvalue weighted by Crippen LogP contribution is -2.43. The average molecular weight is 252 g/mol. The molecule has 2 unspecified atom stereocenters. The van der Waals surface area contributed by atoms with Crippen molar-refractivity contribution in [1.82, 2.24) is 5.32 Å². The van der Waals surface area contributed by atoms with E-state index in [-0.39, 0.29) is 17.9 Å². The van der Waals surface area contributed by atoms with E-state index in [0.717, 1.165) is 25.8 Å². The molecule has 3 heteroatoms. The highest BCUT2D eigenvalue weighted by atomic mass is 16.1. The van der Waals surface area contributed by atoms with Gasteiger partial charge >= 0.3 is 0 Å². The molecule has 2 rings (SSSR count). The van der Waals surface area contributed by atoms with Crippen LogP contribution in [0, 0.1) is 17.3 Å². The van der Waals surface area contributed by atoms with E-state index < -0.39 is 0 Å². The van der Waals surface area contributed by atoms with E-state index in [9.17, 15) is 4.79 Å². The summed E-state index contributed by atoms with van der Waals surface area (Å²) in [6, 6.07) is 0.0710. The summed E-state index contributed by atoms with van der Waals surface area (Å²) >= 11 is 0. The molecule has 2 aliphatic rings. The van der Waals surface area contributed by atoms with Crippen molar-refractivity contribution in [3.63, 3.8) is 0 Å². The fourth-order valence-corrected chi connectivity index (χ4v) is 3.17. The molecule has 104 valence electrons. The number of nitrogens with one attached hydrogen (secondary N) is 1. The van der Waals surface area contributed by atoms with Crippen LogP contribution < -0.4 is 11.1 Å². The summed E-state index contributed by atoms with van der Waals surface area (Å²) in [5, 5.41) is 3.18. The van der Waals surface area contributed by atoms with Crippen LogP contribution in [-0.2, 0) is 4.79 Å². The van der Waals surface area contributed by atoms with Crippen LogP contribution in [0.15, 0.2) is 0 Å². The van der Waals surface area contributed by atoms with Gasteiger partial charge in [0.15, 0.2) is 0 Å². The molecule has 2 fully saturated rings. The van der Waals surface area contributed by atoms with Crippen LogP contribution in [0.3, 0.4) is 0 Å². The van der Waals surface area contributed by atoms with Crippen molar-refractivity contribution < 1.29 is 4.79 Å². The molecule has 3 N–H and O–H groups in total. The van der Waals surface area contributed by atoms with E-state index in [2.05, 4.69) is 19.2 Å². The smallest absolute Gasteiger partial charge is 0.224 e. The van der Waals surface area contributed by atoms with Gasteiger partial charge in [0.1, 0.15) is 0 Å². The molecule has 0 heterocycles. The Hall–Kier alpha value is -0.570. The molecule has 0 aromatic heterocycles. The molecule has 0 spiro atoms. The van der Waals surface area contributed by atoms with Crippen LogP contribution in [-0.4, -0.2) is 18.5 Å². The van der Waals surface area contributed by atoms with Gasteiger partial charge in [0, 0.05) is 12.6 Å². The molecule has 0 bridgehead atoms. The molecule has 0 aromatic carbocycles. The van der Waals surface area contributed by atoms with Crippen molar-refractivity contribution in [3.8, 4) is 0 Å². The van der Waals surface area contributed by atoms with Crippen LogP contribution in [0.1, 0.15) is 58.8 Å². The van der Waals surface area contributed by atoms with Crippen LogP contribution >= 0.6 is 0 Å². The fourth-order valence-electron chi connectivity index (χ4n) is 3.17. The molecule has 0 aliphatic heterocycles. The quantitative estimate of drug-likeness (QED) is 0.755. The lowest BCUT2D eigenvalue weighted by atomic mass is 9.91. The Kier molecular flexibility index (Phi) is 4.31. The summed E-state index contributed by atoms with van der Waals surface area (Å²) in [5.74, 6) is 0.924. The summed E-state index contributed by atoms with van der Waals surface area (Å²) in [4.78, 5) is 12.3. The molecule has 2 aliphatic carbocycles. The lowest BCUT2D eigenvalue weighted by Gasteiger charge is -2.24. The number of hydrogen-bond acceptors (Lipinski definition) is 2. The van der Waals surface area contributed by atoms with E-state index in [1.807, 2.05) is 0 Å². The van der Waals surface area contributed by atoms with Crippen LogP contribution in [0.5, 0.6) is 0 Å². The molecule has 1 amide bonds. The van der Waals surface area contributed by atoms with Crippen molar-refractivity contribution in [3.05, 3.63) is 0 Å². The van der Waals surface area contributed by atoms with Gasteiger partial charge < -0.3 is 11.1 Å². The highest BCUT2D eigenvalue weighted by molar-refractivity contribution is 5.79. The van der Waals surface area contributed by atoms with E-state index in [4.69, 9.17) is 5.73 Å². The van der Waals surface area contributed by atoms with Gasteiger partial charge in [0.25, 0.3) is 0 Å². The fraction of sp³-hybridized carbons (Fsp3) is 0.933. The van der Waals surface area contributed by atoms with Crippen LogP contribution in [0.4, 0.5) is 0 Å². The van der Waals surface area contributed by atoms with Gasteiger partial charge in [0.2, 0.25) is 5.91 Å². The first kappa shape index (κ1) is 13.9. The van der Waals surface area contributed by atoms with E-state index in [0.29, 0.717) is 11.3 Å². The third-order valence-corrected chi connectivity index (χ3v) is 5.14. The Morgan fingerprint density at radius 2 is 1.94 bits per heavy atom. The molecule has 0 radical (unpaired) electrons. The predicted octanol–water partition coefficient (Wildman–Crippen LogP) is 2.45. The first-order valence-electron chi connectivity index (χ1n) is 7.58. The molecule has 2 saturated carbocycles. The largest absolute Gasteiger partial charge is 0.355 e. The van der Waals surface area contributed by atoms with E-state index in [1.165, 1.54) is 25.7 Å². The van der Waals surface area contributed by atoms with Crippen molar-refractivity contribution in [2.45, 2.75) is 64.8 Å². The average Bonchev–Trinajstić information content (AvgIpc) is 3.11. The second-order valence-corrected chi connectivity index (χ2v) is 6.64. The zero-order valence-electron chi connectivity index (χ0n) is 11.9. The number of carbonyl (C=O) groups is 1. The molecular weight excluding hydrogens is 224 g/mol. The lowest BCUT2D eigenvalue weighted by molar-refractivity contribution is -0.126. The van der Waals surface area contributed by atoms with Gasteiger partial charge in [-0.05, 0) is 37.0 Å². The molecule has 3 nitrogen and oxygen atoms in total. The molecule has 18 heavy (non-hydrogen) atoms. The maximum absolute atomic E-state index is 12.3. The Balaban J connectivity index is 1.83. The molecule has 0 saturated heterocycles. The zero-order valence-corrected chi connectivity index (χ0v) is 11.9. The predicted molar refractivity (Wildman–Crippen MR) is 74.1 cm³/mol. The molecule has 2 atom stereocenters. The Morgan fingerprint density at radius 1 is 1.28 bits per heavy atom. The second-order valence-electron chi connectivity index (χ2n) is 6.64. The standard InChI is InChI=1S/C15H28N2O/c1-11(2)15(8-9-15)10-17-14(18)12-6-4-3-5-7-13(12)16/h11-13H,3-10,16H2,1-2H3,(H,17,18). The highest BCUT2D eigenvalue weighted by Crippen LogP contribution is 2.51. The molecule has 0 aromatic rings.